The maximum atomic E-state index is 14.0. The molecule has 32 heavy (non-hydrogen) atoms. The molecule has 0 bridgehead atoms. The molecule has 1 aliphatic rings. The van der Waals surface area contributed by atoms with Gasteiger partial charge in [-0.1, -0.05) is 0 Å². The zero-order valence-corrected chi connectivity index (χ0v) is 16.6. The number of carbonyl (C=O) groups is 1. The summed E-state index contributed by atoms with van der Waals surface area (Å²) in [4.78, 5) is 29.0. The summed E-state index contributed by atoms with van der Waals surface area (Å²) in [5.41, 5.74) is -0.648. The standard InChI is InChI=1S/C21H17F5N4O2/c1-30(21(32)28-9-2-3-13(22)12(4-9)19(25)26)17-8-27-7-16-18(17)10-5-14(23)15(24)6-11(10)20(31)29-16/h2-6,17,19,27H,7-8H2,1H3,(H,28,32)(H,29,31)/t17-/m1/s1. The molecule has 4 rings (SSSR count). The monoisotopic (exact) mass is 452 g/mol. The number of aromatic amines is 1. The van der Waals surface area contributed by atoms with Crippen molar-refractivity contribution in [1.29, 1.82) is 0 Å². The van der Waals surface area contributed by atoms with E-state index in [0.29, 0.717) is 11.3 Å². The molecule has 3 aromatic rings. The number of nitrogens with one attached hydrogen (secondary N) is 3. The highest BCUT2D eigenvalue weighted by Gasteiger charge is 2.30. The molecule has 2 amide bonds. The van der Waals surface area contributed by atoms with Crippen LogP contribution < -0.4 is 16.2 Å². The third-order valence-corrected chi connectivity index (χ3v) is 5.43. The Morgan fingerprint density at radius 3 is 2.47 bits per heavy atom. The molecule has 1 atom stereocenters. The van der Waals surface area contributed by atoms with Gasteiger partial charge in [0.05, 0.1) is 17.0 Å². The summed E-state index contributed by atoms with van der Waals surface area (Å²) < 4.78 is 67.1. The SMILES string of the molecule is CN(C(=O)Nc1ccc(F)c(C(F)F)c1)[C@@H]1CNCc2[nH]c(=O)c3cc(F)c(F)cc3c21. The molecule has 11 heteroatoms. The highest BCUT2D eigenvalue weighted by Crippen LogP contribution is 2.32. The highest BCUT2D eigenvalue weighted by molar-refractivity contribution is 5.91. The fourth-order valence-corrected chi connectivity index (χ4v) is 3.82. The number of halogens is 5. The number of hydrogen-bond acceptors (Lipinski definition) is 3. The lowest BCUT2D eigenvalue weighted by molar-refractivity contribution is 0.146. The first-order chi connectivity index (χ1) is 15.2. The first-order valence-electron chi connectivity index (χ1n) is 9.53. The van der Waals surface area contributed by atoms with Crippen molar-refractivity contribution in [3.05, 3.63) is 75.0 Å². The maximum Gasteiger partial charge on any atom is 0.322 e. The minimum Gasteiger partial charge on any atom is -0.324 e. The first kappa shape index (κ1) is 21.8. The number of nitrogens with zero attached hydrogens (tertiary/aromatic N) is 1. The molecule has 0 saturated carbocycles. The molecule has 2 heterocycles. The van der Waals surface area contributed by atoms with Gasteiger partial charge in [0, 0.05) is 37.1 Å². The number of carbonyl (C=O) groups excluding carboxylic acids is 1. The van der Waals surface area contributed by atoms with Crippen LogP contribution in [-0.2, 0) is 6.54 Å². The van der Waals surface area contributed by atoms with E-state index >= 15 is 0 Å². The van der Waals surface area contributed by atoms with E-state index in [1.165, 1.54) is 11.9 Å². The molecular weight excluding hydrogens is 435 g/mol. The van der Waals surface area contributed by atoms with E-state index in [0.717, 1.165) is 30.3 Å². The van der Waals surface area contributed by atoms with Crippen LogP contribution in [0.15, 0.2) is 35.1 Å². The molecule has 1 aromatic heterocycles. The van der Waals surface area contributed by atoms with Crippen molar-refractivity contribution < 1.29 is 26.7 Å². The quantitative estimate of drug-likeness (QED) is 0.522. The average Bonchev–Trinajstić information content (AvgIpc) is 2.75. The largest absolute Gasteiger partial charge is 0.324 e. The second kappa shape index (κ2) is 8.23. The van der Waals surface area contributed by atoms with Crippen LogP contribution in [0.4, 0.5) is 32.4 Å². The molecule has 168 valence electrons. The van der Waals surface area contributed by atoms with Gasteiger partial charge in [-0.25, -0.2) is 26.7 Å². The van der Waals surface area contributed by atoms with E-state index in [4.69, 9.17) is 0 Å². The van der Waals surface area contributed by atoms with Gasteiger partial charge in [-0.05, 0) is 35.7 Å². The number of H-pyrrole nitrogens is 1. The lowest BCUT2D eigenvalue weighted by atomic mass is 9.94. The third kappa shape index (κ3) is 3.79. The Labute approximate surface area is 178 Å². The Kier molecular flexibility index (Phi) is 5.59. The van der Waals surface area contributed by atoms with Crippen molar-refractivity contribution in [2.75, 3.05) is 18.9 Å². The van der Waals surface area contributed by atoms with Gasteiger partial charge in [0.15, 0.2) is 11.6 Å². The zero-order valence-electron chi connectivity index (χ0n) is 16.6. The predicted molar refractivity (Wildman–Crippen MR) is 107 cm³/mol. The molecule has 1 aliphatic heterocycles. The second-order valence-electron chi connectivity index (χ2n) is 7.38. The summed E-state index contributed by atoms with van der Waals surface area (Å²) in [6.07, 6.45) is -3.06. The lowest BCUT2D eigenvalue weighted by Crippen LogP contribution is -2.43. The van der Waals surface area contributed by atoms with Crippen molar-refractivity contribution >= 4 is 22.5 Å². The summed E-state index contributed by atoms with van der Waals surface area (Å²) in [5.74, 6) is -3.41. The molecule has 6 nitrogen and oxygen atoms in total. The Hall–Kier alpha value is -3.47. The number of aromatic nitrogens is 1. The Morgan fingerprint density at radius 1 is 1.09 bits per heavy atom. The van der Waals surface area contributed by atoms with E-state index in [1.807, 2.05) is 0 Å². The molecule has 2 aromatic carbocycles. The van der Waals surface area contributed by atoms with E-state index in [1.54, 1.807) is 0 Å². The summed E-state index contributed by atoms with van der Waals surface area (Å²) in [6.45, 7) is 0.462. The summed E-state index contributed by atoms with van der Waals surface area (Å²) in [5, 5.41) is 5.55. The van der Waals surface area contributed by atoms with Gasteiger partial charge < -0.3 is 20.5 Å². The number of amides is 2. The molecule has 0 spiro atoms. The van der Waals surface area contributed by atoms with E-state index in [2.05, 4.69) is 15.6 Å². The van der Waals surface area contributed by atoms with Crippen molar-refractivity contribution in [2.24, 2.45) is 0 Å². The lowest BCUT2D eigenvalue weighted by Gasteiger charge is -2.34. The number of pyridine rings is 1. The van der Waals surface area contributed by atoms with Gasteiger partial charge in [-0.15, -0.1) is 0 Å². The smallest absolute Gasteiger partial charge is 0.322 e. The average molecular weight is 452 g/mol. The van der Waals surface area contributed by atoms with Crippen LogP contribution in [0.25, 0.3) is 10.8 Å². The molecule has 0 fully saturated rings. The van der Waals surface area contributed by atoms with Crippen LogP contribution >= 0.6 is 0 Å². The normalized spacial score (nSPS) is 15.7. The van der Waals surface area contributed by atoms with Crippen LogP contribution in [0.1, 0.15) is 29.3 Å². The number of benzene rings is 2. The van der Waals surface area contributed by atoms with Gasteiger partial charge in [-0.2, -0.15) is 0 Å². The molecule has 0 saturated heterocycles. The molecule has 0 unspecified atom stereocenters. The number of alkyl halides is 2. The van der Waals surface area contributed by atoms with E-state index in [-0.39, 0.29) is 29.5 Å². The van der Waals surface area contributed by atoms with Gasteiger partial charge in [0.1, 0.15) is 5.82 Å². The molecular formula is C21H17F5N4O2. The van der Waals surface area contributed by atoms with Crippen LogP contribution in [-0.4, -0.2) is 29.5 Å². The van der Waals surface area contributed by atoms with E-state index < -0.39 is 47.1 Å². The maximum absolute atomic E-state index is 14.0. The predicted octanol–water partition coefficient (Wildman–Crippen LogP) is 4.19. The number of hydrogen-bond donors (Lipinski definition) is 3. The van der Waals surface area contributed by atoms with Crippen LogP contribution in [0.2, 0.25) is 0 Å². The third-order valence-electron chi connectivity index (χ3n) is 5.43. The second-order valence-corrected chi connectivity index (χ2v) is 7.38. The molecule has 3 N–H and O–H groups in total. The number of urea groups is 1. The number of fused-ring (bicyclic) bond motifs is 3. The van der Waals surface area contributed by atoms with Gasteiger partial charge >= 0.3 is 6.03 Å². The first-order valence-corrected chi connectivity index (χ1v) is 9.53. The van der Waals surface area contributed by atoms with Gasteiger partial charge in [-0.3, -0.25) is 4.79 Å². The van der Waals surface area contributed by atoms with Crippen LogP contribution in [0, 0.1) is 17.5 Å². The topological polar surface area (TPSA) is 77.2 Å². The fraction of sp³-hybridized carbons (Fsp3) is 0.238. The zero-order chi connectivity index (χ0) is 23.2. The van der Waals surface area contributed by atoms with Crippen LogP contribution in [0.3, 0.4) is 0 Å². The van der Waals surface area contributed by atoms with Crippen LogP contribution in [0.5, 0.6) is 0 Å². The Bertz CT molecular complexity index is 1280. The minimum atomic E-state index is -3.06. The Balaban J connectivity index is 1.71. The summed E-state index contributed by atoms with van der Waals surface area (Å²) in [7, 11) is 1.42. The molecule has 0 aliphatic carbocycles. The Morgan fingerprint density at radius 2 is 1.78 bits per heavy atom. The van der Waals surface area contributed by atoms with Crippen molar-refractivity contribution in [2.45, 2.75) is 19.0 Å². The number of likely N-dealkylation sites (N-methyl/N-ethyl adjacent to an activating group) is 1. The molecule has 0 radical (unpaired) electrons. The van der Waals surface area contributed by atoms with Crippen molar-refractivity contribution in [3.8, 4) is 0 Å². The number of rotatable bonds is 3. The van der Waals surface area contributed by atoms with Gasteiger partial charge in [0.2, 0.25) is 0 Å². The van der Waals surface area contributed by atoms with Crippen molar-refractivity contribution in [3.63, 3.8) is 0 Å². The van der Waals surface area contributed by atoms with Gasteiger partial charge in [0.25, 0.3) is 12.0 Å². The number of anilines is 1. The van der Waals surface area contributed by atoms with Crippen molar-refractivity contribution in [1.82, 2.24) is 15.2 Å². The van der Waals surface area contributed by atoms with E-state index in [9.17, 15) is 31.5 Å². The summed E-state index contributed by atoms with van der Waals surface area (Å²) in [6, 6.07) is 3.10. The fourth-order valence-electron chi connectivity index (χ4n) is 3.82. The minimum absolute atomic E-state index is 0.0398. The highest BCUT2D eigenvalue weighted by atomic mass is 19.3. The summed E-state index contributed by atoms with van der Waals surface area (Å²) >= 11 is 0.